The molecule has 0 unspecified atom stereocenters. The summed E-state index contributed by atoms with van der Waals surface area (Å²) in [6.07, 6.45) is -2.20. The van der Waals surface area contributed by atoms with Gasteiger partial charge in [-0.05, 0) is 35.9 Å². The highest BCUT2D eigenvalue weighted by molar-refractivity contribution is 5.88. The summed E-state index contributed by atoms with van der Waals surface area (Å²) in [7, 11) is 1.52. The molecule has 1 aromatic heterocycles. The number of ether oxygens (including phenoxy) is 1. The number of nitrogens with zero attached hydrogens (tertiary/aromatic N) is 2. The quantitative estimate of drug-likeness (QED) is 0.799. The van der Waals surface area contributed by atoms with Crippen LogP contribution in [0.15, 0.2) is 42.6 Å². The maximum Gasteiger partial charge on any atom is 0.417 e. The minimum Gasteiger partial charge on any atom is -0.497 e. The van der Waals surface area contributed by atoms with Gasteiger partial charge in [-0.1, -0.05) is 12.1 Å². The molecule has 0 amide bonds. The second kappa shape index (κ2) is 6.31. The van der Waals surface area contributed by atoms with Gasteiger partial charge >= 0.3 is 6.18 Å². The molecule has 0 saturated carbocycles. The Morgan fingerprint density at radius 1 is 1.27 bits per heavy atom. The number of hydrogen-bond donors (Lipinski definition) is 0. The fourth-order valence-corrected chi connectivity index (χ4v) is 1.78. The van der Waals surface area contributed by atoms with Crippen molar-refractivity contribution in [2.45, 2.75) is 6.18 Å². The van der Waals surface area contributed by atoms with Crippen LogP contribution in [0.25, 0.3) is 11.6 Å². The van der Waals surface area contributed by atoms with E-state index in [0.717, 1.165) is 6.07 Å². The highest BCUT2D eigenvalue weighted by Gasteiger charge is 2.30. The van der Waals surface area contributed by atoms with Crippen LogP contribution >= 0.6 is 0 Å². The SMILES string of the molecule is COc1cccc(C=C(C#N)c2ccc(C(F)(F)F)cn2)c1. The largest absolute Gasteiger partial charge is 0.497 e. The maximum absolute atomic E-state index is 12.5. The predicted molar refractivity (Wildman–Crippen MR) is 75.7 cm³/mol. The van der Waals surface area contributed by atoms with Crippen LogP contribution < -0.4 is 4.74 Å². The van der Waals surface area contributed by atoms with E-state index in [1.165, 1.54) is 19.3 Å². The molecule has 2 aromatic rings. The van der Waals surface area contributed by atoms with Crippen molar-refractivity contribution in [2.75, 3.05) is 7.11 Å². The van der Waals surface area contributed by atoms with E-state index in [4.69, 9.17) is 4.74 Å². The Morgan fingerprint density at radius 3 is 2.59 bits per heavy atom. The molecule has 0 aliphatic heterocycles. The number of hydrogen-bond acceptors (Lipinski definition) is 3. The smallest absolute Gasteiger partial charge is 0.417 e. The van der Waals surface area contributed by atoms with Crippen LogP contribution in [0.2, 0.25) is 0 Å². The Balaban J connectivity index is 2.35. The summed E-state index contributed by atoms with van der Waals surface area (Å²) in [5, 5.41) is 9.18. The number of methoxy groups -OCH3 is 1. The molecular weight excluding hydrogens is 293 g/mol. The molecule has 2 rings (SSSR count). The Bertz CT molecular complexity index is 728. The molecule has 0 aliphatic rings. The lowest BCUT2D eigenvalue weighted by Crippen LogP contribution is -2.05. The summed E-state index contributed by atoms with van der Waals surface area (Å²) < 4.78 is 42.6. The number of aromatic nitrogens is 1. The van der Waals surface area contributed by atoms with Crippen molar-refractivity contribution in [3.05, 3.63) is 59.4 Å². The molecule has 0 fully saturated rings. The van der Waals surface area contributed by atoms with Gasteiger partial charge in [0.25, 0.3) is 0 Å². The zero-order valence-corrected chi connectivity index (χ0v) is 11.6. The minimum absolute atomic E-state index is 0.168. The second-order valence-corrected chi connectivity index (χ2v) is 4.38. The molecule has 1 heterocycles. The van der Waals surface area contributed by atoms with Gasteiger partial charge in [-0.3, -0.25) is 4.98 Å². The Hall–Kier alpha value is -2.81. The Labute approximate surface area is 125 Å². The van der Waals surface area contributed by atoms with Crippen molar-refractivity contribution in [1.82, 2.24) is 4.98 Å². The van der Waals surface area contributed by atoms with Crippen LogP contribution in [-0.2, 0) is 6.18 Å². The Kier molecular flexibility index (Phi) is 4.47. The number of alkyl halides is 3. The lowest BCUT2D eigenvalue weighted by molar-refractivity contribution is -0.137. The Morgan fingerprint density at radius 2 is 2.05 bits per heavy atom. The normalized spacial score (nSPS) is 11.9. The first-order chi connectivity index (χ1) is 10.4. The summed E-state index contributed by atoms with van der Waals surface area (Å²) in [5.41, 5.74) is 0.188. The van der Waals surface area contributed by atoms with Crippen molar-refractivity contribution >= 4 is 11.6 Å². The number of benzene rings is 1. The lowest BCUT2D eigenvalue weighted by atomic mass is 10.1. The van der Waals surface area contributed by atoms with Gasteiger partial charge in [-0.2, -0.15) is 18.4 Å². The monoisotopic (exact) mass is 304 g/mol. The standard InChI is InChI=1S/C16H11F3N2O/c1-22-14-4-2-3-11(8-14)7-12(9-20)15-6-5-13(10-21-15)16(17,18)19/h2-8,10H,1H3. The molecule has 0 N–H and O–H groups in total. The van der Waals surface area contributed by atoms with Gasteiger partial charge in [0.1, 0.15) is 11.8 Å². The number of nitriles is 1. The number of halogens is 3. The maximum atomic E-state index is 12.5. The summed E-state index contributed by atoms with van der Waals surface area (Å²) in [6, 6.07) is 11.0. The van der Waals surface area contributed by atoms with Crippen molar-refractivity contribution in [2.24, 2.45) is 0 Å². The van der Waals surface area contributed by atoms with E-state index < -0.39 is 11.7 Å². The third kappa shape index (κ3) is 3.64. The molecule has 1 aromatic carbocycles. The molecule has 0 aliphatic carbocycles. The van der Waals surface area contributed by atoms with E-state index in [-0.39, 0.29) is 11.3 Å². The average molecular weight is 304 g/mol. The van der Waals surface area contributed by atoms with Crippen molar-refractivity contribution in [3.8, 4) is 11.8 Å². The van der Waals surface area contributed by atoms with E-state index in [1.54, 1.807) is 24.3 Å². The van der Waals surface area contributed by atoms with E-state index in [9.17, 15) is 18.4 Å². The first kappa shape index (κ1) is 15.6. The van der Waals surface area contributed by atoms with Gasteiger partial charge in [0.2, 0.25) is 0 Å². The summed E-state index contributed by atoms with van der Waals surface area (Å²) in [4.78, 5) is 3.71. The van der Waals surface area contributed by atoms with E-state index in [2.05, 4.69) is 4.98 Å². The van der Waals surface area contributed by atoms with Crippen LogP contribution in [0, 0.1) is 11.3 Å². The van der Waals surface area contributed by atoms with Crippen molar-refractivity contribution in [3.63, 3.8) is 0 Å². The highest BCUT2D eigenvalue weighted by Crippen LogP contribution is 2.29. The molecule has 0 bridgehead atoms. The van der Waals surface area contributed by atoms with Crippen molar-refractivity contribution < 1.29 is 17.9 Å². The van der Waals surface area contributed by atoms with Crippen LogP contribution in [0.1, 0.15) is 16.8 Å². The summed E-state index contributed by atoms with van der Waals surface area (Å²) in [5.74, 6) is 0.617. The average Bonchev–Trinajstić information content (AvgIpc) is 2.52. The molecule has 6 heteroatoms. The van der Waals surface area contributed by atoms with Gasteiger partial charge in [-0.25, -0.2) is 0 Å². The molecule has 3 nitrogen and oxygen atoms in total. The molecule has 0 atom stereocenters. The van der Waals surface area contributed by atoms with Gasteiger partial charge in [0.05, 0.1) is 23.9 Å². The molecule has 0 saturated heterocycles. The molecule has 22 heavy (non-hydrogen) atoms. The van der Waals surface area contributed by atoms with Gasteiger partial charge in [0.15, 0.2) is 0 Å². The highest BCUT2D eigenvalue weighted by atomic mass is 19.4. The summed E-state index contributed by atoms with van der Waals surface area (Å²) in [6.45, 7) is 0. The predicted octanol–water partition coefficient (Wildman–Crippen LogP) is 4.17. The third-order valence-corrected chi connectivity index (χ3v) is 2.89. The zero-order chi connectivity index (χ0) is 16.2. The zero-order valence-electron chi connectivity index (χ0n) is 11.6. The van der Waals surface area contributed by atoms with Crippen LogP contribution in [0.3, 0.4) is 0 Å². The lowest BCUT2D eigenvalue weighted by Gasteiger charge is -2.06. The fourth-order valence-electron chi connectivity index (χ4n) is 1.78. The van der Waals surface area contributed by atoms with Gasteiger partial charge in [0, 0.05) is 6.20 Å². The minimum atomic E-state index is -4.45. The summed E-state index contributed by atoms with van der Waals surface area (Å²) >= 11 is 0. The number of pyridine rings is 1. The topological polar surface area (TPSA) is 45.9 Å². The van der Waals surface area contributed by atoms with E-state index >= 15 is 0 Å². The third-order valence-electron chi connectivity index (χ3n) is 2.89. The van der Waals surface area contributed by atoms with Gasteiger partial charge < -0.3 is 4.74 Å². The van der Waals surface area contributed by atoms with Crippen LogP contribution in [0.4, 0.5) is 13.2 Å². The van der Waals surface area contributed by atoms with E-state index in [1.807, 2.05) is 6.07 Å². The van der Waals surface area contributed by atoms with E-state index in [0.29, 0.717) is 17.5 Å². The fraction of sp³-hybridized carbons (Fsp3) is 0.125. The van der Waals surface area contributed by atoms with Gasteiger partial charge in [-0.15, -0.1) is 0 Å². The van der Waals surface area contributed by atoms with Crippen LogP contribution in [0.5, 0.6) is 5.75 Å². The first-order valence-corrected chi connectivity index (χ1v) is 6.23. The number of rotatable bonds is 3. The second-order valence-electron chi connectivity index (χ2n) is 4.38. The molecular formula is C16H11F3N2O. The van der Waals surface area contributed by atoms with Crippen LogP contribution in [-0.4, -0.2) is 12.1 Å². The molecule has 112 valence electrons. The molecule has 0 radical (unpaired) electrons. The number of allylic oxidation sites excluding steroid dienone is 1. The molecule has 0 spiro atoms. The first-order valence-electron chi connectivity index (χ1n) is 6.23. The van der Waals surface area contributed by atoms with Crippen molar-refractivity contribution in [1.29, 1.82) is 5.26 Å².